The highest BCUT2D eigenvalue weighted by atomic mass is 35.5. The minimum Gasteiger partial charge on any atom is -0.344 e. The number of halogens is 1. The number of nitrogens with zero attached hydrogens (tertiary/aromatic N) is 2. The van der Waals surface area contributed by atoms with Crippen molar-refractivity contribution in [2.45, 2.75) is 13.0 Å². The summed E-state index contributed by atoms with van der Waals surface area (Å²) in [5.41, 5.74) is 3.74. The Kier molecular flexibility index (Phi) is 5.45. The monoisotopic (exact) mass is 401 g/mol. The van der Waals surface area contributed by atoms with Crippen molar-refractivity contribution in [2.24, 2.45) is 0 Å². The molecule has 1 atom stereocenters. The highest BCUT2D eigenvalue weighted by molar-refractivity contribution is 6.33. The minimum atomic E-state index is -0.198. The molecule has 3 aromatic carbocycles. The van der Waals surface area contributed by atoms with E-state index >= 15 is 0 Å². The molecular weight excluding hydrogens is 382 g/mol. The number of benzene rings is 3. The van der Waals surface area contributed by atoms with E-state index in [0.717, 1.165) is 16.8 Å². The lowest BCUT2D eigenvalue weighted by atomic mass is 10.1. The van der Waals surface area contributed by atoms with E-state index in [1.54, 1.807) is 10.7 Å². The van der Waals surface area contributed by atoms with Crippen LogP contribution in [0.25, 0.3) is 16.9 Å². The second-order valence-corrected chi connectivity index (χ2v) is 7.16. The Morgan fingerprint density at radius 3 is 2.24 bits per heavy atom. The van der Waals surface area contributed by atoms with E-state index in [9.17, 15) is 4.79 Å². The van der Waals surface area contributed by atoms with Gasteiger partial charge in [-0.2, -0.15) is 5.10 Å². The summed E-state index contributed by atoms with van der Waals surface area (Å²) in [6.45, 7) is 1.96. The van der Waals surface area contributed by atoms with E-state index in [0.29, 0.717) is 16.4 Å². The van der Waals surface area contributed by atoms with Crippen molar-refractivity contribution in [3.8, 4) is 16.9 Å². The molecule has 4 nitrogen and oxygen atoms in total. The fourth-order valence-corrected chi connectivity index (χ4v) is 3.44. The molecule has 0 aliphatic heterocycles. The van der Waals surface area contributed by atoms with Crippen LogP contribution in [0.2, 0.25) is 5.02 Å². The van der Waals surface area contributed by atoms with Gasteiger partial charge in [-0.1, -0.05) is 78.3 Å². The number of rotatable bonds is 5. The molecule has 1 heterocycles. The quantitative estimate of drug-likeness (QED) is 0.467. The van der Waals surface area contributed by atoms with Crippen LogP contribution < -0.4 is 5.32 Å². The Hall–Kier alpha value is -3.37. The van der Waals surface area contributed by atoms with Gasteiger partial charge in [0, 0.05) is 5.56 Å². The van der Waals surface area contributed by atoms with Crippen LogP contribution >= 0.6 is 11.6 Å². The van der Waals surface area contributed by atoms with E-state index in [4.69, 9.17) is 11.6 Å². The van der Waals surface area contributed by atoms with E-state index in [1.165, 1.54) is 0 Å². The fourth-order valence-electron chi connectivity index (χ4n) is 3.21. The lowest BCUT2D eigenvalue weighted by Gasteiger charge is -2.15. The molecule has 0 fully saturated rings. The second-order valence-electron chi connectivity index (χ2n) is 6.75. The van der Waals surface area contributed by atoms with Crippen molar-refractivity contribution in [3.63, 3.8) is 0 Å². The highest BCUT2D eigenvalue weighted by Gasteiger charge is 2.20. The lowest BCUT2D eigenvalue weighted by molar-refractivity contribution is 0.0932. The van der Waals surface area contributed by atoms with E-state index in [1.807, 2.05) is 91.9 Å². The zero-order valence-electron chi connectivity index (χ0n) is 15.9. The maximum atomic E-state index is 13.1. The molecule has 0 bridgehead atoms. The molecule has 29 heavy (non-hydrogen) atoms. The summed E-state index contributed by atoms with van der Waals surface area (Å²) in [5, 5.41) is 8.35. The molecule has 0 spiro atoms. The molecule has 0 aliphatic rings. The average Bonchev–Trinajstić information content (AvgIpc) is 3.21. The normalized spacial score (nSPS) is 11.8. The molecule has 0 aliphatic carbocycles. The van der Waals surface area contributed by atoms with Crippen LogP contribution in [0, 0.1) is 0 Å². The van der Waals surface area contributed by atoms with Gasteiger partial charge in [-0.25, -0.2) is 4.68 Å². The van der Waals surface area contributed by atoms with Crippen LogP contribution in [0.5, 0.6) is 0 Å². The van der Waals surface area contributed by atoms with Gasteiger partial charge < -0.3 is 5.32 Å². The molecule has 1 N–H and O–H groups in total. The molecule has 0 saturated heterocycles. The smallest absolute Gasteiger partial charge is 0.270 e. The minimum absolute atomic E-state index is 0.133. The molecule has 1 aromatic heterocycles. The summed E-state index contributed by atoms with van der Waals surface area (Å²) >= 11 is 6.36. The van der Waals surface area contributed by atoms with Gasteiger partial charge >= 0.3 is 0 Å². The summed E-state index contributed by atoms with van der Waals surface area (Å²) in [5.74, 6) is -0.198. The van der Waals surface area contributed by atoms with Crippen LogP contribution in [0.15, 0.2) is 91.0 Å². The maximum absolute atomic E-state index is 13.1. The van der Waals surface area contributed by atoms with Crippen LogP contribution in [0.4, 0.5) is 0 Å². The molecule has 144 valence electrons. The largest absolute Gasteiger partial charge is 0.344 e. The molecule has 0 unspecified atom stereocenters. The van der Waals surface area contributed by atoms with Gasteiger partial charge in [0.1, 0.15) is 5.69 Å². The van der Waals surface area contributed by atoms with E-state index in [-0.39, 0.29) is 11.9 Å². The molecule has 0 radical (unpaired) electrons. The molecule has 5 heteroatoms. The summed E-state index contributed by atoms with van der Waals surface area (Å²) in [6.07, 6.45) is 0. The van der Waals surface area contributed by atoms with Crippen LogP contribution in [-0.2, 0) is 0 Å². The molecule has 4 aromatic rings. The number of aromatic nitrogens is 2. The third-order valence-corrected chi connectivity index (χ3v) is 5.07. The molecule has 1 amide bonds. The number of para-hydroxylation sites is 1. The molecule has 4 rings (SSSR count). The number of hydrogen-bond donors (Lipinski definition) is 1. The van der Waals surface area contributed by atoms with Gasteiger partial charge in [0.05, 0.1) is 22.4 Å². The Balaban J connectivity index is 1.73. The number of hydrogen-bond acceptors (Lipinski definition) is 2. The third kappa shape index (κ3) is 4.08. The van der Waals surface area contributed by atoms with Gasteiger partial charge in [0.2, 0.25) is 0 Å². The first-order valence-electron chi connectivity index (χ1n) is 9.39. The summed E-state index contributed by atoms with van der Waals surface area (Å²) < 4.78 is 1.66. The molecular formula is C24H20ClN3O. The van der Waals surface area contributed by atoms with E-state index in [2.05, 4.69) is 10.4 Å². The van der Waals surface area contributed by atoms with Crippen molar-refractivity contribution in [3.05, 3.63) is 107 Å². The Morgan fingerprint density at radius 2 is 1.55 bits per heavy atom. The van der Waals surface area contributed by atoms with Crippen LogP contribution in [0.3, 0.4) is 0 Å². The van der Waals surface area contributed by atoms with Crippen molar-refractivity contribution < 1.29 is 4.79 Å². The average molecular weight is 402 g/mol. The predicted molar refractivity (Wildman–Crippen MR) is 116 cm³/mol. The predicted octanol–water partition coefficient (Wildman–Crippen LogP) is 5.68. The SMILES string of the molecule is C[C@H](NC(=O)c1cc(-c2ccccc2Cl)nn1-c1ccccc1)c1ccccc1. The Bertz CT molecular complexity index is 1120. The van der Waals surface area contributed by atoms with Crippen molar-refractivity contribution >= 4 is 17.5 Å². The van der Waals surface area contributed by atoms with Crippen molar-refractivity contribution in [1.82, 2.24) is 15.1 Å². The number of carbonyl (C=O) groups is 1. The van der Waals surface area contributed by atoms with E-state index < -0.39 is 0 Å². The van der Waals surface area contributed by atoms with Crippen LogP contribution in [-0.4, -0.2) is 15.7 Å². The van der Waals surface area contributed by atoms with Gasteiger partial charge in [0.25, 0.3) is 5.91 Å². The molecule has 0 saturated carbocycles. The summed E-state index contributed by atoms with van der Waals surface area (Å²) in [4.78, 5) is 13.1. The first-order chi connectivity index (χ1) is 14.1. The third-order valence-electron chi connectivity index (χ3n) is 4.74. The zero-order chi connectivity index (χ0) is 20.2. The fraction of sp³-hybridized carbons (Fsp3) is 0.0833. The second kappa shape index (κ2) is 8.33. The lowest BCUT2D eigenvalue weighted by Crippen LogP contribution is -2.28. The van der Waals surface area contributed by atoms with Gasteiger partial charge in [-0.15, -0.1) is 0 Å². The number of amides is 1. The number of carbonyl (C=O) groups excluding carboxylic acids is 1. The van der Waals surface area contributed by atoms with Gasteiger partial charge in [0.15, 0.2) is 0 Å². The van der Waals surface area contributed by atoms with Crippen LogP contribution in [0.1, 0.15) is 29.0 Å². The van der Waals surface area contributed by atoms with Gasteiger partial charge in [-0.3, -0.25) is 4.79 Å². The van der Waals surface area contributed by atoms with Gasteiger partial charge in [-0.05, 0) is 36.8 Å². The summed E-state index contributed by atoms with van der Waals surface area (Å²) in [7, 11) is 0. The maximum Gasteiger partial charge on any atom is 0.270 e. The summed E-state index contributed by atoms with van der Waals surface area (Å²) in [6, 6.07) is 28.6. The Morgan fingerprint density at radius 1 is 0.931 bits per heavy atom. The standard InChI is InChI=1S/C24H20ClN3O/c1-17(18-10-4-2-5-11-18)26-24(29)23-16-22(20-14-8-9-15-21(20)25)27-28(23)19-12-6-3-7-13-19/h2-17H,1H3,(H,26,29)/t17-/m0/s1. The highest BCUT2D eigenvalue weighted by Crippen LogP contribution is 2.28. The first kappa shape index (κ1) is 19.0. The van der Waals surface area contributed by atoms with Crippen molar-refractivity contribution in [2.75, 3.05) is 0 Å². The topological polar surface area (TPSA) is 46.9 Å². The zero-order valence-corrected chi connectivity index (χ0v) is 16.7. The first-order valence-corrected chi connectivity index (χ1v) is 9.77. The van der Waals surface area contributed by atoms with Crippen molar-refractivity contribution in [1.29, 1.82) is 0 Å². The Labute approximate surface area is 174 Å². The number of nitrogens with one attached hydrogen (secondary N) is 1.